The first kappa shape index (κ1) is 25.5. The molecule has 0 saturated heterocycles. The minimum atomic E-state index is -4.20. The summed E-state index contributed by atoms with van der Waals surface area (Å²) in [5, 5.41) is 8.43. The van der Waals surface area contributed by atoms with E-state index in [2.05, 4.69) is 20.9 Å². The number of benzene rings is 1. The molecule has 0 saturated carbocycles. The topological polar surface area (TPSA) is 65.5 Å². The van der Waals surface area contributed by atoms with E-state index in [1.54, 1.807) is 12.1 Å². The van der Waals surface area contributed by atoms with E-state index in [-0.39, 0.29) is 48.9 Å². The van der Waals surface area contributed by atoms with Gasteiger partial charge in [0, 0.05) is 24.7 Å². The molecular formula is C18H28F3IN4O. The highest BCUT2D eigenvalue weighted by Crippen LogP contribution is 2.18. The van der Waals surface area contributed by atoms with Gasteiger partial charge >= 0.3 is 6.18 Å². The molecule has 1 atom stereocenters. The van der Waals surface area contributed by atoms with Crippen molar-refractivity contribution in [3.63, 3.8) is 0 Å². The van der Waals surface area contributed by atoms with Crippen LogP contribution < -0.4 is 16.0 Å². The van der Waals surface area contributed by atoms with Crippen LogP contribution in [0.25, 0.3) is 0 Å². The standard InChI is InChI=1S/C18H27F3N4O.HI/c1-4-13(3)16(26)25-15-8-6-7-14(11-15)12-24-17(22-5-2)23-10-9-18(19,20)21;/h6-8,11,13H,4-5,9-10,12H2,1-3H3,(H,25,26)(H2,22,23,24);1H. The van der Waals surface area contributed by atoms with Crippen LogP contribution in [-0.4, -0.2) is 31.1 Å². The third kappa shape index (κ3) is 11.0. The van der Waals surface area contributed by atoms with E-state index in [0.29, 0.717) is 18.2 Å². The number of rotatable bonds is 8. The fourth-order valence-electron chi connectivity index (χ4n) is 2.03. The third-order valence-corrected chi connectivity index (χ3v) is 3.72. The third-order valence-electron chi connectivity index (χ3n) is 3.72. The van der Waals surface area contributed by atoms with Crippen molar-refractivity contribution in [3.05, 3.63) is 29.8 Å². The van der Waals surface area contributed by atoms with Crippen molar-refractivity contribution in [2.75, 3.05) is 18.4 Å². The predicted molar refractivity (Wildman–Crippen MR) is 113 cm³/mol. The van der Waals surface area contributed by atoms with Gasteiger partial charge in [-0.2, -0.15) is 13.2 Å². The second-order valence-electron chi connectivity index (χ2n) is 5.99. The monoisotopic (exact) mass is 500 g/mol. The highest BCUT2D eigenvalue weighted by Gasteiger charge is 2.26. The van der Waals surface area contributed by atoms with Gasteiger partial charge in [0.15, 0.2) is 5.96 Å². The van der Waals surface area contributed by atoms with Crippen LogP contribution in [0.5, 0.6) is 0 Å². The number of hydrogen-bond acceptors (Lipinski definition) is 2. The van der Waals surface area contributed by atoms with Crippen molar-refractivity contribution in [2.45, 2.75) is 46.3 Å². The minimum absolute atomic E-state index is 0. The Bertz CT molecular complexity index is 609. The molecule has 0 fully saturated rings. The summed E-state index contributed by atoms with van der Waals surface area (Å²) in [6.45, 7) is 6.24. The SMILES string of the molecule is CCNC(=NCc1cccc(NC(=O)C(C)CC)c1)NCCC(F)(F)F.I. The molecule has 0 aliphatic carbocycles. The lowest BCUT2D eigenvalue weighted by Crippen LogP contribution is -2.38. The van der Waals surface area contributed by atoms with Crippen LogP contribution in [0.3, 0.4) is 0 Å². The fraction of sp³-hybridized carbons (Fsp3) is 0.556. The molecule has 5 nitrogen and oxygen atoms in total. The number of carbonyl (C=O) groups is 1. The van der Waals surface area contributed by atoms with Crippen molar-refractivity contribution < 1.29 is 18.0 Å². The predicted octanol–water partition coefficient (Wildman–Crippen LogP) is 4.30. The van der Waals surface area contributed by atoms with Gasteiger partial charge in [-0.3, -0.25) is 4.79 Å². The molecular weight excluding hydrogens is 472 g/mol. The van der Waals surface area contributed by atoms with Crippen LogP contribution in [0.1, 0.15) is 39.2 Å². The number of nitrogens with one attached hydrogen (secondary N) is 3. The first-order valence-corrected chi connectivity index (χ1v) is 8.73. The van der Waals surface area contributed by atoms with Crippen molar-refractivity contribution in [1.29, 1.82) is 0 Å². The van der Waals surface area contributed by atoms with E-state index in [0.717, 1.165) is 12.0 Å². The van der Waals surface area contributed by atoms with Gasteiger partial charge < -0.3 is 16.0 Å². The van der Waals surface area contributed by atoms with Crippen LogP contribution in [0.4, 0.5) is 18.9 Å². The summed E-state index contributed by atoms with van der Waals surface area (Å²) in [4.78, 5) is 16.2. The number of anilines is 1. The van der Waals surface area contributed by atoms with Gasteiger partial charge in [-0.15, -0.1) is 24.0 Å². The van der Waals surface area contributed by atoms with Crippen LogP contribution in [0.15, 0.2) is 29.3 Å². The molecule has 1 unspecified atom stereocenters. The fourth-order valence-corrected chi connectivity index (χ4v) is 2.03. The van der Waals surface area contributed by atoms with Crippen molar-refractivity contribution in [1.82, 2.24) is 10.6 Å². The molecule has 27 heavy (non-hydrogen) atoms. The number of guanidine groups is 1. The number of halogens is 4. The molecule has 0 bridgehead atoms. The number of carbonyl (C=O) groups excluding carboxylic acids is 1. The highest BCUT2D eigenvalue weighted by molar-refractivity contribution is 14.0. The van der Waals surface area contributed by atoms with E-state index in [1.807, 2.05) is 32.9 Å². The molecule has 0 spiro atoms. The molecule has 0 aromatic heterocycles. The summed E-state index contributed by atoms with van der Waals surface area (Å²) in [6.07, 6.45) is -4.37. The zero-order chi connectivity index (χ0) is 19.6. The largest absolute Gasteiger partial charge is 0.390 e. The van der Waals surface area contributed by atoms with Crippen molar-refractivity contribution in [2.24, 2.45) is 10.9 Å². The Morgan fingerprint density at radius 1 is 1.22 bits per heavy atom. The van der Waals surface area contributed by atoms with Crippen LogP contribution in [-0.2, 0) is 11.3 Å². The Morgan fingerprint density at radius 2 is 1.93 bits per heavy atom. The van der Waals surface area contributed by atoms with Gasteiger partial charge in [0.1, 0.15) is 0 Å². The maximum Gasteiger partial charge on any atom is 0.390 e. The quantitative estimate of drug-likeness (QED) is 0.284. The number of nitrogens with zero attached hydrogens (tertiary/aromatic N) is 1. The van der Waals surface area contributed by atoms with Crippen LogP contribution in [0.2, 0.25) is 0 Å². The van der Waals surface area contributed by atoms with Gasteiger partial charge in [-0.05, 0) is 31.0 Å². The smallest absolute Gasteiger partial charge is 0.357 e. The summed E-state index contributed by atoms with van der Waals surface area (Å²) in [7, 11) is 0. The molecule has 0 aliphatic rings. The summed E-state index contributed by atoms with van der Waals surface area (Å²) >= 11 is 0. The maximum atomic E-state index is 12.2. The van der Waals surface area contributed by atoms with E-state index < -0.39 is 12.6 Å². The van der Waals surface area contributed by atoms with Gasteiger partial charge in [0.25, 0.3) is 0 Å². The normalized spacial score (nSPS) is 12.7. The average molecular weight is 500 g/mol. The second-order valence-corrected chi connectivity index (χ2v) is 5.99. The highest BCUT2D eigenvalue weighted by atomic mass is 127. The van der Waals surface area contributed by atoms with E-state index in [4.69, 9.17) is 0 Å². The molecule has 1 aromatic carbocycles. The number of amides is 1. The Hall–Kier alpha value is -1.52. The first-order chi connectivity index (χ1) is 12.2. The molecule has 1 amide bonds. The van der Waals surface area contributed by atoms with Crippen molar-refractivity contribution in [3.8, 4) is 0 Å². The number of alkyl halides is 3. The Balaban J connectivity index is 0.00000676. The summed E-state index contributed by atoms with van der Waals surface area (Å²) in [5.41, 5.74) is 1.53. The Labute approximate surface area is 175 Å². The van der Waals surface area contributed by atoms with Crippen LogP contribution in [0, 0.1) is 5.92 Å². The van der Waals surface area contributed by atoms with E-state index in [1.165, 1.54) is 0 Å². The molecule has 3 N–H and O–H groups in total. The lowest BCUT2D eigenvalue weighted by Gasteiger charge is -2.13. The molecule has 0 aliphatic heterocycles. The van der Waals surface area contributed by atoms with E-state index >= 15 is 0 Å². The summed E-state index contributed by atoms with van der Waals surface area (Å²) < 4.78 is 36.7. The van der Waals surface area contributed by atoms with Gasteiger partial charge in [-0.25, -0.2) is 4.99 Å². The second kappa shape index (κ2) is 12.8. The molecule has 154 valence electrons. The minimum Gasteiger partial charge on any atom is -0.357 e. The summed E-state index contributed by atoms with van der Waals surface area (Å²) in [5.74, 6) is 0.205. The zero-order valence-electron chi connectivity index (χ0n) is 15.8. The van der Waals surface area contributed by atoms with Crippen LogP contribution >= 0.6 is 24.0 Å². The molecule has 9 heteroatoms. The van der Waals surface area contributed by atoms with Crippen molar-refractivity contribution >= 4 is 41.5 Å². The van der Waals surface area contributed by atoms with Gasteiger partial charge in [0.05, 0.1) is 13.0 Å². The molecule has 0 heterocycles. The molecule has 0 radical (unpaired) electrons. The number of aliphatic imine (C=N–C) groups is 1. The van der Waals surface area contributed by atoms with Gasteiger partial charge in [-0.1, -0.05) is 26.0 Å². The molecule has 1 rings (SSSR count). The Morgan fingerprint density at radius 3 is 2.52 bits per heavy atom. The van der Waals surface area contributed by atoms with E-state index in [9.17, 15) is 18.0 Å². The zero-order valence-corrected chi connectivity index (χ0v) is 18.2. The van der Waals surface area contributed by atoms with Gasteiger partial charge in [0.2, 0.25) is 5.91 Å². The summed E-state index contributed by atoms with van der Waals surface area (Å²) in [6, 6.07) is 7.26. The Kier molecular flexibility index (Phi) is 12.1. The molecule has 1 aromatic rings. The lowest BCUT2D eigenvalue weighted by molar-refractivity contribution is -0.132. The lowest BCUT2D eigenvalue weighted by atomic mass is 10.1. The first-order valence-electron chi connectivity index (χ1n) is 8.73. The maximum absolute atomic E-state index is 12.2. The number of hydrogen-bond donors (Lipinski definition) is 3. The average Bonchev–Trinajstić information content (AvgIpc) is 2.58.